The average molecular weight is 359 g/mol. The minimum atomic E-state index is -2.58. The molecular weight excluding hydrogens is 320 g/mol. The van der Waals surface area contributed by atoms with Crippen molar-refractivity contribution in [1.82, 2.24) is 0 Å². The number of aliphatic hydroxyl groups is 3. The molecule has 0 aromatic carbocycles. The maximum atomic E-state index is 10.8. The van der Waals surface area contributed by atoms with E-state index in [0.29, 0.717) is 6.42 Å². The highest BCUT2D eigenvalue weighted by Gasteiger charge is 2.39. The third kappa shape index (κ3) is 8.66. The third-order valence-electron chi connectivity index (χ3n) is 4.53. The summed E-state index contributed by atoms with van der Waals surface area (Å²) in [5.74, 6) is -2.23. The maximum Gasteiger partial charge on any atom is 0.303 e. The van der Waals surface area contributed by atoms with Crippen molar-refractivity contribution >= 4 is 5.97 Å². The second kappa shape index (κ2) is 12.2. The molecule has 0 amide bonds. The Labute approximate surface area is 156 Å². The molecule has 25 heavy (non-hydrogen) atoms. The van der Waals surface area contributed by atoms with Gasteiger partial charge in [0.15, 0.2) is 0 Å². The van der Waals surface area contributed by atoms with Gasteiger partial charge in [0.25, 0.3) is 0 Å². The van der Waals surface area contributed by atoms with Crippen LogP contribution in [-0.4, -0.2) is 44.7 Å². The van der Waals surface area contributed by atoms with Crippen molar-refractivity contribution in [3.63, 3.8) is 0 Å². The van der Waals surface area contributed by atoms with E-state index in [2.05, 4.69) is 6.92 Å². The van der Waals surface area contributed by atoms with Crippen LogP contribution >= 0.6 is 0 Å². The zero-order valence-electron chi connectivity index (χ0n) is 18.8. The van der Waals surface area contributed by atoms with E-state index in [4.69, 9.17) is 10.6 Å². The van der Waals surface area contributed by atoms with Crippen LogP contribution in [0.2, 0.25) is 0 Å². The van der Waals surface area contributed by atoms with Gasteiger partial charge in [-0.2, -0.15) is 0 Å². The van der Waals surface area contributed by atoms with E-state index in [0.717, 1.165) is 25.3 Å². The van der Waals surface area contributed by atoms with Crippen LogP contribution in [0.1, 0.15) is 70.1 Å². The van der Waals surface area contributed by atoms with Crippen LogP contribution < -0.4 is 0 Å². The first kappa shape index (κ1) is 16.0. The highest BCUT2D eigenvalue weighted by Crippen LogP contribution is 2.36. The van der Waals surface area contributed by atoms with Gasteiger partial charge in [-0.15, -0.1) is 0 Å². The highest BCUT2D eigenvalue weighted by atomic mass is 16.4. The molecule has 144 valence electrons. The van der Waals surface area contributed by atoms with Gasteiger partial charge in [0, 0.05) is 24.2 Å². The van der Waals surface area contributed by atoms with Crippen LogP contribution in [0.3, 0.4) is 0 Å². The standard InChI is InChI=1S/C20H34O5/c1-2-3-6-9-15(21)12-13-17-16(18(22)14-19(17)23)10-7-4-5-8-11-20(24)25/h4,7,12-13,15-19,21-23H,2-3,5-6,8-11,14H2,1H3,(H,24,25)/b7-4-,13-12+/t15-,16+,17+,18-,19-/m0/s1/i5D2,8D2. The summed E-state index contributed by atoms with van der Waals surface area (Å²) in [6.45, 7) is 2.08. The molecule has 4 N–H and O–H groups in total. The third-order valence-corrected chi connectivity index (χ3v) is 4.53. The largest absolute Gasteiger partial charge is 0.481 e. The predicted octanol–water partition coefficient (Wildman–Crippen LogP) is 3.04. The van der Waals surface area contributed by atoms with Crippen LogP contribution in [0, 0.1) is 11.8 Å². The summed E-state index contributed by atoms with van der Waals surface area (Å²) in [7, 11) is 0. The summed E-state index contributed by atoms with van der Waals surface area (Å²) in [4.78, 5) is 10.8. The van der Waals surface area contributed by atoms with E-state index < -0.39 is 55.3 Å². The highest BCUT2D eigenvalue weighted by molar-refractivity contribution is 5.66. The lowest BCUT2D eigenvalue weighted by Crippen LogP contribution is -2.20. The summed E-state index contributed by atoms with van der Waals surface area (Å²) < 4.78 is 31.0. The quantitative estimate of drug-likeness (QED) is 0.317. The summed E-state index contributed by atoms with van der Waals surface area (Å²) in [6, 6.07) is 0. The number of allylic oxidation sites excluding steroid dienone is 2. The molecule has 0 unspecified atom stereocenters. The van der Waals surface area contributed by atoms with Crippen LogP contribution in [0.5, 0.6) is 0 Å². The molecule has 0 aromatic rings. The van der Waals surface area contributed by atoms with Crippen molar-refractivity contribution in [3.05, 3.63) is 24.3 Å². The Morgan fingerprint density at radius 2 is 2.04 bits per heavy atom. The van der Waals surface area contributed by atoms with Crippen LogP contribution in [0.15, 0.2) is 24.3 Å². The molecule has 0 bridgehead atoms. The SMILES string of the molecule is [2H]C([2H])(/C=C\C[C@@H]1[C@@H](/C=C/[C@@H](O)CCCCC)[C@@H](O)C[C@@H]1O)C([2H])([2H])CC(=O)O. The van der Waals surface area contributed by atoms with E-state index in [9.17, 15) is 20.1 Å². The Morgan fingerprint density at radius 1 is 1.28 bits per heavy atom. The number of carbonyl (C=O) groups is 1. The lowest BCUT2D eigenvalue weighted by atomic mass is 9.89. The van der Waals surface area contributed by atoms with Crippen LogP contribution in [0.4, 0.5) is 0 Å². The fraction of sp³-hybridized carbons (Fsp3) is 0.750. The van der Waals surface area contributed by atoms with Crippen molar-refractivity contribution in [2.45, 2.75) is 82.9 Å². The normalized spacial score (nSPS) is 31.7. The average Bonchev–Trinajstić information content (AvgIpc) is 2.85. The lowest BCUT2D eigenvalue weighted by molar-refractivity contribution is -0.137. The van der Waals surface area contributed by atoms with Gasteiger partial charge in [0.2, 0.25) is 0 Å². The van der Waals surface area contributed by atoms with Crippen LogP contribution in [-0.2, 0) is 4.79 Å². The van der Waals surface area contributed by atoms with Gasteiger partial charge in [0.05, 0.1) is 18.3 Å². The Kier molecular flexibility index (Phi) is 7.84. The summed E-state index contributed by atoms with van der Waals surface area (Å²) >= 11 is 0. The van der Waals surface area contributed by atoms with Gasteiger partial charge >= 0.3 is 5.97 Å². The summed E-state index contributed by atoms with van der Waals surface area (Å²) in [5.41, 5.74) is 0. The fourth-order valence-corrected chi connectivity index (χ4v) is 3.13. The molecule has 5 heteroatoms. The summed E-state index contributed by atoms with van der Waals surface area (Å²) in [5, 5.41) is 39.3. The molecule has 0 spiro atoms. The van der Waals surface area contributed by atoms with Crippen molar-refractivity contribution in [2.75, 3.05) is 0 Å². The molecule has 5 atom stereocenters. The number of aliphatic carboxylic acids is 1. The van der Waals surface area contributed by atoms with E-state index >= 15 is 0 Å². The first-order valence-electron chi connectivity index (χ1n) is 11.0. The monoisotopic (exact) mass is 358 g/mol. The molecule has 1 saturated carbocycles. The number of hydrogen-bond donors (Lipinski definition) is 4. The minimum absolute atomic E-state index is 0.173. The zero-order chi connectivity index (χ0) is 22.2. The van der Waals surface area contributed by atoms with Crippen LogP contribution in [0.25, 0.3) is 0 Å². The van der Waals surface area contributed by atoms with Gasteiger partial charge in [-0.1, -0.05) is 50.5 Å². The number of carboxylic acid groups (broad SMARTS) is 1. The maximum absolute atomic E-state index is 10.8. The van der Waals surface area contributed by atoms with Gasteiger partial charge in [-0.3, -0.25) is 4.79 Å². The molecule has 0 radical (unpaired) electrons. The van der Waals surface area contributed by atoms with Crippen molar-refractivity contribution in [1.29, 1.82) is 0 Å². The second-order valence-corrected chi connectivity index (χ2v) is 6.59. The molecule has 1 fully saturated rings. The Hall–Kier alpha value is -1.17. The molecular formula is C20H34O5. The number of hydrogen-bond acceptors (Lipinski definition) is 4. The molecule has 0 heterocycles. The first-order valence-corrected chi connectivity index (χ1v) is 9.03. The minimum Gasteiger partial charge on any atom is -0.481 e. The molecule has 1 aliphatic rings. The summed E-state index contributed by atoms with van der Waals surface area (Å²) in [6.07, 6.45) is 1.45. The Bertz CT molecular complexity index is 579. The number of carboxylic acids is 1. The van der Waals surface area contributed by atoms with E-state index in [1.165, 1.54) is 6.08 Å². The van der Waals surface area contributed by atoms with Gasteiger partial charge in [-0.05, 0) is 31.5 Å². The molecule has 0 aromatic heterocycles. The Morgan fingerprint density at radius 3 is 2.72 bits per heavy atom. The van der Waals surface area contributed by atoms with Gasteiger partial charge in [-0.25, -0.2) is 0 Å². The Balaban J connectivity index is 2.76. The zero-order valence-corrected chi connectivity index (χ0v) is 14.8. The predicted molar refractivity (Wildman–Crippen MR) is 98.1 cm³/mol. The smallest absolute Gasteiger partial charge is 0.303 e. The first-order chi connectivity index (χ1) is 13.4. The van der Waals surface area contributed by atoms with Crippen molar-refractivity contribution in [2.24, 2.45) is 11.8 Å². The number of aliphatic hydroxyl groups excluding tert-OH is 3. The molecule has 0 aliphatic heterocycles. The number of rotatable bonds is 12. The van der Waals surface area contributed by atoms with E-state index in [1.807, 2.05) is 0 Å². The molecule has 1 aliphatic carbocycles. The topological polar surface area (TPSA) is 98.0 Å². The van der Waals surface area contributed by atoms with Crippen molar-refractivity contribution in [3.8, 4) is 0 Å². The van der Waals surface area contributed by atoms with Crippen molar-refractivity contribution < 1.29 is 30.7 Å². The molecule has 1 rings (SSSR count). The second-order valence-electron chi connectivity index (χ2n) is 6.59. The van der Waals surface area contributed by atoms with Gasteiger partial charge in [0.1, 0.15) is 0 Å². The fourth-order valence-electron chi connectivity index (χ4n) is 3.13. The van der Waals surface area contributed by atoms with E-state index in [1.54, 1.807) is 12.2 Å². The van der Waals surface area contributed by atoms with E-state index in [-0.39, 0.29) is 12.8 Å². The van der Waals surface area contributed by atoms with Gasteiger partial charge < -0.3 is 20.4 Å². The molecule has 0 saturated heterocycles. The molecule has 5 nitrogen and oxygen atoms in total. The lowest BCUT2D eigenvalue weighted by Gasteiger charge is -2.19. The number of unbranched alkanes of at least 4 members (excludes halogenated alkanes) is 2.